The lowest BCUT2D eigenvalue weighted by Crippen LogP contribution is -2.27. The van der Waals surface area contributed by atoms with Gasteiger partial charge in [-0.2, -0.15) is 0 Å². The average molecular weight is 236 g/mol. The summed E-state index contributed by atoms with van der Waals surface area (Å²) in [4.78, 5) is 0. The second-order valence-corrected chi connectivity index (χ2v) is 6.43. The Labute approximate surface area is 87.0 Å². The molecule has 0 aliphatic heterocycles. The second-order valence-electron chi connectivity index (χ2n) is 3.68. The van der Waals surface area contributed by atoms with E-state index >= 15 is 0 Å². The van der Waals surface area contributed by atoms with Gasteiger partial charge in [-0.15, -0.1) is 10.2 Å². The molecule has 0 aromatic carbocycles. The van der Waals surface area contributed by atoms with Gasteiger partial charge in [-0.25, -0.2) is 8.42 Å². The first-order valence-corrected chi connectivity index (χ1v) is 6.44. The zero-order valence-corrected chi connectivity index (χ0v) is 9.22. The molecule has 1 heterocycles. The minimum absolute atomic E-state index is 0.236. The SMILES string of the molecule is CS(=O)(=O)C1(Cn2cnnc2Cl)CC1. The highest BCUT2D eigenvalue weighted by molar-refractivity contribution is 7.92. The first-order chi connectivity index (χ1) is 6.45. The van der Waals surface area contributed by atoms with Crippen molar-refractivity contribution in [1.29, 1.82) is 0 Å². The first-order valence-electron chi connectivity index (χ1n) is 4.18. The van der Waals surface area contributed by atoms with E-state index in [1.807, 2.05) is 0 Å². The summed E-state index contributed by atoms with van der Waals surface area (Å²) in [7, 11) is -3.02. The maximum absolute atomic E-state index is 11.5. The van der Waals surface area contributed by atoms with E-state index in [9.17, 15) is 8.42 Å². The van der Waals surface area contributed by atoms with E-state index in [1.54, 1.807) is 4.57 Å². The van der Waals surface area contributed by atoms with Crippen LogP contribution >= 0.6 is 11.6 Å². The van der Waals surface area contributed by atoms with Crippen LogP contribution in [0.25, 0.3) is 0 Å². The number of rotatable bonds is 3. The molecule has 0 N–H and O–H groups in total. The predicted molar refractivity (Wildman–Crippen MR) is 51.8 cm³/mol. The summed E-state index contributed by atoms with van der Waals surface area (Å²) in [6.07, 6.45) is 4.10. The molecule has 78 valence electrons. The van der Waals surface area contributed by atoms with Crippen molar-refractivity contribution in [2.24, 2.45) is 0 Å². The van der Waals surface area contributed by atoms with Gasteiger partial charge in [0, 0.05) is 12.8 Å². The molecule has 0 amide bonds. The van der Waals surface area contributed by atoms with E-state index in [-0.39, 0.29) is 5.28 Å². The lowest BCUT2D eigenvalue weighted by atomic mass is 10.4. The van der Waals surface area contributed by atoms with Crippen LogP contribution in [0.15, 0.2) is 6.33 Å². The molecular weight excluding hydrogens is 226 g/mol. The summed E-state index contributed by atoms with van der Waals surface area (Å²) in [6, 6.07) is 0. The third-order valence-corrected chi connectivity index (χ3v) is 5.02. The van der Waals surface area contributed by atoms with Crippen LogP contribution in [0, 0.1) is 0 Å². The molecule has 0 unspecified atom stereocenters. The van der Waals surface area contributed by atoms with Crippen molar-refractivity contribution in [2.75, 3.05) is 6.26 Å². The fraction of sp³-hybridized carbons (Fsp3) is 0.714. The molecule has 5 nitrogen and oxygen atoms in total. The number of aromatic nitrogens is 3. The monoisotopic (exact) mass is 235 g/mol. The van der Waals surface area contributed by atoms with E-state index in [1.165, 1.54) is 12.6 Å². The van der Waals surface area contributed by atoms with E-state index in [0.717, 1.165) is 0 Å². The van der Waals surface area contributed by atoms with Crippen molar-refractivity contribution in [2.45, 2.75) is 24.1 Å². The number of hydrogen-bond donors (Lipinski definition) is 0. The molecule has 14 heavy (non-hydrogen) atoms. The first kappa shape index (κ1) is 9.92. The smallest absolute Gasteiger partial charge is 0.224 e. The summed E-state index contributed by atoms with van der Waals surface area (Å²) in [5.41, 5.74) is 0. The summed E-state index contributed by atoms with van der Waals surface area (Å²) >= 11 is 5.72. The quantitative estimate of drug-likeness (QED) is 0.766. The number of nitrogens with zero attached hydrogens (tertiary/aromatic N) is 3. The second kappa shape index (κ2) is 2.93. The highest BCUT2D eigenvalue weighted by atomic mass is 35.5. The van der Waals surface area contributed by atoms with Crippen molar-refractivity contribution < 1.29 is 8.42 Å². The maximum atomic E-state index is 11.5. The normalized spacial score (nSPS) is 19.6. The van der Waals surface area contributed by atoms with Gasteiger partial charge in [0.25, 0.3) is 0 Å². The van der Waals surface area contributed by atoms with Crippen LogP contribution in [0.1, 0.15) is 12.8 Å². The van der Waals surface area contributed by atoms with Gasteiger partial charge in [0.15, 0.2) is 9.84 Å². The molecular formula is C7H10ClN3O2S. The summed E-state index contributed by atoms with van der Waals surface area (Å²) in [6.45, 7) is 0.359. The van der Waals surface area contributed by atoms with E-state index in [4.69, 9.17) is 11.6 Å². The zero-order valence-electron chi connectivity index (χ0n) is 7.64. The third kappa shape index (κ3) is 1.52. The molecule has 1 saturated carbocycles. The molecule has 1 fully saturated rings. The maximum Gasteiger partial charge on any atom is 0.224 e. The number of hydrogen-bond acceptors (Lipinski definition) is 4. The zero-order chi connectivity index (χ0) is 10.4. The topological polar surface area (TPSA) is 64.8 Å². The van der Waals surface area contributed by atoms with Gasteiger partial charge < -0.3 is 4.57 Å². The molecule has 1 aliphatic carbocycles. The molecule has 0 spiro atoms. The van der Waals surface area contributed by atoms with Crippen molar-refractivity contribution >= 4 is 21.4 Å². The fourth-order valence-corrected chi connectivity index (χ4v) is 2.81. The molecule has 1 aromatic rings. The standard InChI is InChI=1S/C7H10ClN3O2S/c1-14(12,13)7(2-3-7)4-11-5-9-10-6(11)8/h5H,2-4H2,1H3. The van der Waals surface area contributed by atoms with E-state index in [0.29, 0.717) is 19.4 Å². The molecule has 2 rings (SSSR count). The molecule has 0 radical (unpaired) electrons. The van der Waals surface area contributed by atoms with Gasteiger partial charge in [-0.1, -0.05) is 0 Å². The highest BCUT2D eigenvalue weighted by Crippen LogP contribution is 2.44. The minimum atomic E-state index is -3.02. The van der Waals surface area contributed by atoms with Crippen LogP contribution in [0.2, 0.25) is 5.28 Å². The Hall–Kier alpha value is -0.620. The fourth-order valence-electron chi connectivity index (χ4n) is 1.44. The van der Waals surface area contributed by atoms with Gasteiger partial charge in [0.2, 0.25) is 5.28 Å². The summed E-state index contributed by atoms with van der Waals surface area (Å²) in [5.74, 6) is 0. The molecule has 0 atom stereocenters. The Bertz CT molecular complexity index is 449. The Balaban J connectivity index is 2.25. The Morgan fingerprint density at radius 3 is 2.64 bits per heavy atom. The van der Waals surface area contributed by atoms with Crippen molar-refractivity contribution in [3.8, 4) is 0 Å². The van der Waals surface area contributed by atoms with Gasteiger partial charge in [-0.05, 0) is 24.4 Å². The lowest BCUT2D eigenvalue weighted by Gasteiger charge is -2.13. The molecule has 0 bridgehead atoms. The van der Waals surface area contributed by atoms with Gasteiger partial charge in [0.05, 0.1) is 4.75 Å². The highest BCUT2D eigenvalue weighted by Gasteiger charge is 2.52. The number of sulfone groups is 1. The Kier molecular flexibility index (Phi) is 2.08. The van der Waals surface area contributed by atoms with E-state index in [2.05, 4.69) is 10.2 Å². The van der Waals surface area contributed by atoms with Crippen LogP contribution in [0.3, 0.4) is 0 Å². The summed E-state index contributed by atoms with van der Waals surface area (Å²) in [5, 5.41) is 7.43. The summed E-state index contributed by atoms with van der Waals surface area (Å²) < 4.78 is 23.9. The molecule has 1 aromatic heterocycles. The van der Waals surface area contributed by atoms with Gasteiger partial charge in [-0.3, -0.25) is 0 Å². The van der Waals surface area contributed by atoms with E-state index < -0.39 is 14.6 Å². The largest absolute Gasteiger partial charge is 0.303 e. The van der Waals surface area contributed by atoms with Crippen molar-refractivity contribution in [1.82, 2.24) is 14.8 Å². The minimum Gasteiger partial charge on any atom is -0.303 e. The lowest BCUT2D eigenvalue weighted by molar-refractivity contribution is 0.556. The van der Waals surface area contributed by atoms with Crippen LogP contribution < -0.4 is 0 Å². The third-order valence-electron chi connectivity index (χ3n) is 2.62. The van der Waals surface area contributed by atoms with Crippen LogP contribution in [-0.2, 0) is 16.4 Å². The Morgan fingerprint density at radius 1 is 1.64 bits per heavy atom. The molecule has 1 aliphatic rings. The van der Waals surface area contributed by atoms with Crippen LogP contribution in [0.5, 0.6) is 0 Å². The molecule has 7 heteroatoms. The molecule has 0 saturated heterocycles. The number of halogens is 1. The van der Waals surface area contributed by atoms with Gasteiger partial charge >= 0.3 is 0 Å². The van der Waals surface area contributed by atoms with Crippen LogP contribution in [-0.4, -0.2) is 34.2 Å². The average Bonchev–Trinajstić information content (AvgIpc) is 2.73. The van der Waals surface area contributed by atoms with Crippen molar-refractivity contribution in [3.63, 3.8) is 0 Å². The van der Waals surface area contributed by atoms with Gasteiger partial charge in [0.1, 0.15) is 6.33 Å². The Morgan fingerprint density at radius 2 is 2.29 bits per heavy atom. The predicted octanol–water partition coefficient (Wildman–Crippen LogP) is 0.509. The van der Waals surface area contributed by atoms with Crippen molar-refractivity contribution in [3.05, 3.63) is 11.6 Å². The van der Waals surface area contributed by atoms with Crippen LogP contribution in [0.4, 0.5) is 0 Å².